The molecule has 42 heavy (non-hydrogen) atoms. The number of aryl methyl sites for hydroxylation is 2. The van der Waals surface area contributed by atoms with E-state index in [1.54, 1.807) is 30.5 Å². The van der Waals surface area contributed by atoms with E-state index in [-0.39, 0.29) is 28.9 Å². The van der Waals surface area contributed by atoms with Gasteiger partial charge in [-0.25, -0.2) is 4.98 Å². The topological polar surface area (TPSA) is 92.8 Å². The molecule has 3 aromatic rings. The number of benzene rings is 2. The fraction of sp³-hybridized carbons (Fsp3) is 0.500. The molecule has 0 spiro atoms. The standard InChI is InChI=1S/C30H34F5NO5S/c1-28(20-6-8-21(37)9-7-20)19-40-26-17-22(38)10-11-24(26)25(28)12-13-27-36-18-23(41-27)5-2-3-15-42(39)16-4-14-29(31,32)30(33,34)35/h6-11,17-18,25,37-38H,2-5,12-16,19H2,1H3/t25-,28?,42?/m0/s1. The number of nitrogens with zero attached hydrogens (tertiary/aromatic N) is 1. The molecule has 0 saturated carbocycles. The summed E-state index contributed by atoms with van der Waals surface area (Å²) in [5.41, 5.74) is 1.53. The first-order valence-corrected chi connectivity index (χ1v) is 15.3. The number of rotatable bonds is 13. The fourth-order valence-corrected chi connectivity index (χ4v) is 6.51. The summed E-state index contributed by atoms with van der Waals surface area (Å²) in [6, 6.07) is 12.1. The van der Waals surface area contributed by atoms with Gasteiger partial charge in [-0.05, 0) is 55.0 Å². The van der Waals surface area contributed by atoms with E-state index in [9.17, 15) is 36.4 Å². The van der Waals surface area contributed by atoms with Crippen LogP contribution in [-0.2, 0) is 29.1 Å². The predicted octanol–water partition coefficient (Wildman–Crippen LogP) is 7.20. The minimum atomic E-state index is -5.59. The van der Waals surface area contributed by atoms with Gasteiger partial charge in [0.05, 0.1) is 12.8 Å². The highest BCUT2D eigenvalue weighted by Gasteiger charge is 2.56. The van der Waals surface area contributed by atoms with Crippen LogP contribution in [0.1, 0.15) is 67.7 Å². The third kappa shape index (κ3) is 7.62. The molecule has 0 aliphatic carbocycles. The molecular weight excluding hydrogens is 581 g/mol. The molecule has 1 aromatic heterocycles. The normalized spacial score (nSPS) is 19.7. The minimum Gasteiger partial charge on any atom is -0.508 e. The van der Waals surface area contributed by atoms with Crippen LogP contribution in [0.2, 0.25) is 0 Å². The second-order valence-electron chi connectivity index (χ2n) is 10.9. The number of aromatic nitrogens is 1. The number of alkyl halides is 5. The van der Waals surface area contributed by atoms with Gasteiger partial charge in [0, 0.05) is 59.0 Å². The molecule has 2 heterocycles. The maximum absolute atomic E-state index is 13.0. The Hall–Kier alpha value is -3.15. The number of hydrogen-bond donors (Lipinski definition) is 2. The number of halogens is 5. The van der Waals surface area contributed by atoms with Crippen LogP contribution in [0.3, 0.4) is 0 Å². The molecule has 230 valence electrons. The highest BCUT2D eigenvalue weighted by molar-refractivity contribution is 7.84. The minimum absolute atomic E-state index is 0.00666. The summed E-state index contributed by atoms with van der Waals surface area (Å²) in [5, 5.41) is 19.7. The van der Waals surface area contributed by atoms with Gasteiger partial charge < -0.3 is 19.4 Å². The highest BCUT2D eigenvalue weighted by Crippen LogP contribution is 2.49. The van der Waals surface area contributed by atoms with Crippen LogP contribution >= 0.6 is 0 Å². The third-order valence-corrected chi connectivity index (χ3v) is 9.25. The number of unbranched alkanes of at least 4 members (excludes halogenated alkanes) is 1. The molecule has 0 radical (unpaired) electrons. The number of hydrogen-bond acceptors (Lipinski definition) is 6. The maximum atomic E-state index is 13.0. The molecule has 2 N–H and O–H groups in total. The van der Waals surface area contributed by atoms with Crippen molar-refractivity contribution in [2.45, 2.75) is 75.3 Å². The van der Waals surface area contributed by atoms with Crippen molar-refractivity contribution in [2.24, 2.45) is 0 Å². The van der Waals surface area contributed by atoms with Gasteiger partial charge in [0.2, 0.25) is 0 Å². The van der Waals surface area contributed by atoms with Crippen molar-refractivity contribution in [3.63, 3.8) is 0 Å². The Labute approximate surface area is 243 Å². The van der Waals surface area contributed by atoms with Crippen LogP contribution in [0, 0.1) is 0 Å². The van der Waals surface area contributed by atoms with Crippen molar-refractivity contribution in [3.8, 4) is 17.2 Å². The van der Waals surface area contributed by atoms with Crippen LogP contribution in [0.4, 0.5) is 22.0 Å². The van der Waals surface area contributed by atoms with E-state index in [2.05, 4.69) is 11.9 Å². The van der Waals surface area contributed by atoms with E-state index in [0.29, 0.717) is 56.1 Å². The molecule has 1 aliphatic rings. The molecule has 2 aromatic carbocycles. The SMILES string of the molecule is CC1(c2ccc(O)cc2)COc2cc(O)ccc2[C@@H]1CCc1ncc(CCCCS(=O)CCCC(F)(F)C(F)(F)F)o1. The lowest BCUT2D eigenvalue weighted by molar-refractivity contribution is -0.284. The van der Waals surface area contributed by atoms with Crippen LogP contribution in [0.5, 0.6) is 17.2 Å². The van der Waals surface area contributed by atoms with Gasteiger partial charge in [-0.3, -0.25) is 4.21 Å². The van der Waals surface area contributed by atoms with E-state index in [4.69, 9.17) is 9.15 Å². The molecule has 2 unspecified atom stereocenters. The summed E-state index contributed by atoms with van der Waals surface area (Å²) in [7, 11) is -1.47. The van der Waals surface area contributed by atoms with Gasteiger partial charge in [-0.2, -0.15) is 22.0 Å². The Morgan fingerprint density at radius 3 is 2.38 bits per heavy atom. The lowest BCUT2D eigenvalue weighted by atomic mass is 9.66. The van der Waals surface area contributed by atoms with E-state index in [1.165, 1.54) is 0 Å². The lowest BCUT2D eigenvalue weighted by Gasteiger charge is -2.43. The first-order chi connectivity index (χ1) is 19.8. The predicted molar refractivity (Wildman–Crippen MR) is 148 cm³/mol. The first-order valence-electron chi connectivity index (χ1n) is 13.8. The Morgan fingerprint density at radius 2 is 1.67 bits per heavy atom. The van der Waals surface area contributed by atoms with Crippen molar-refractivity contribution < 1.29 is 45.5 Å². The van der Waals surface area contributed by atoms with Gasteiger partial charge in [-0.1, -0.05) is 25.1 Å². The van der Waals surface area contributed by atoms with Crippen molar-refractivity contribution >= 4 is 10.8 Å². The molecule has 0 saturated heterocycles. The maximum Gasteiger partial charge on any atom is 0.453 e. The Bertz CT molecular complexity index is 1360. The smallest absolute Gasteiger partial charge is 0.453 e. The largest absolute Gasteiger partial charge is 0.508 e. The molecule has 12 heteroatoms. The van der Waals surface area contributed by atoms with Crippen LogP contribution in [-0.4, -0.2) is 49.6 Å². The van der Waals surface area contributed by atoms with Crippen molar-refractivity contribution in [1.82, 2.24) is 4.98 Å². The number of aromatic hydroxyl groups is 2. The third-order valence-electron chi connectivity index (χ3n) is 7.77. The number of phenols is 2. The number of phenolic OH excluding ortho intramolecular Hbond substituents is 2. The first kappa shape index (κ1) is 31.8. The highest BCUT2D eigenvalue weighted by atomic mass is 32.2. The fourth-order valence-electron chi connectivity index (χ4n) is 5.32. The zero-order chi connectivity index (χ0) is 30.5. The van der Waals surface area contributed by atoms with Gasteiger partial charge in [0.15, 0.2) is 5.89 Å². The monoisotopic (exact) mass is 615 g/mol. The zero-order valence-electron chi connectivity index (χ0n) is 23.1. The summed E-state index contributed by atoms with van der Waals surface area (Å²) in [6.45, 7) is 2.48. The molecule has 0 amide bonds. The summed E-state index contributed by atoms with van der Waals surface area (Å²) < 4.78 is 86.7. The van der Waals surface area contributed by atoms with Crippen molar-refractivity contribution in [3.05, 3.63) is 71.4 Å². The Morgan fingerprint density at radius 1 is 0.976 bits per heavy atom. The Balaban J connectivity index is 1.30. The summed E-state index contributed by atoms with van der Waals surface area (Å²) >= 11 is 0. The summed E-state index contributed by atoms with van der Waals surface area (Å²) in [4.78, 5) is 4.41. The average molecular weight is 616 g/mol. The number of fused-ring (bicyclic) bond motifs is 1. The average Bonchev–Trinajstić information content (AvgIpc) is 3.38. The van der Waals surface area contributed by atoms with Gasteiger partial charge in [-0.15, -0.1) is 0 Å². The van der Waals surface area contributed by atoms with Crippen LogP contribution < -0.4 is 4.74 Å². The molecule has 3 atom stereocenters. The molecule has 4 rings (SSSR count). The van der Waals surface area contributed by atoms with Gasteiger partial charge in [0.1, 0.15) is 23.0 Å². The van der Waals surface area contributed by atoms with Gasteiger partial charge in [0.25, 0.3) is 0 Å². The van der Waals surface area contributed by atoms with E-state index >= 15 is 0 Å². The van der Waals surface area contributed by atoms with E-state index in [0.717, 1.165) is 11.1 Å². The van der Waals surface area contributed by atoms with Crippen molar-refractivity contribution in [1.29, 1.82) is 0 Å². The molecule has 6 nitrogen and oxygen atoms in total. The molecule has 0 bridgehead atoms. The molecule has 0 fully saturated rings. The Kier molecular flexibility index (Phi) is 9.84. The number of oxazole rings is 1. The second-order valence-corrected chi connectivity index (χ2v) is 12.6. The van der Waals surface area contributed by atoms with E-state index < -0.39 is 41.2 Å². The quantitative estimate of drug-likeness (QED) is 0.156. The number of ether oxygens (including phenoxy) is 1. The second kappa shape index (κ2) is 13.0. The van der Waals surface area contributed by atoms with E-state index in [1.807, 2.05) is 18.2 Å². The summed E-state index contributed by atoms with van der Waals surface area (Å²) in [6.07, 6.45) is -2.92. The van der Waals surface area contributed by atoms with Crippen molar-refractivity contribution in [2.75, 3.05) is 18.1 Å². The van der Waals surface area contributed by atoms with Gasteiger partial charge >= 0.3 is 12.1 Å². The zero-order valence-corrected chi connectivity index (χ0v) is 23.9. The van der Waals surface area contributed by atoms with Crippen LogP contribution in [0.15, 0.2) is 53.1 Å². The summed E-state index contributed by atoms with van der Waals surface area (Å²) in [5.74, 6) is -2.64. The lowest BCUT2D eigenvalue weighted by Crippen LogP contribution is -2.40. The van der Waals surface area contributed by atoms with Crippen LogP contribution in [0.25, 0.3) is 0 Å². The molecule has 1 aliphatic heterocycles. The molecular formula is C30H34F5NO5S.